The molecule has 0 N–H and O–H groups in total. The zero-order valence-corrected chi connectivity index (χ0v) is 11.3. The van der Waals surface area contributed by atoms with Crippen molar-refractivity contribution < 1.29 is 9.85 Å². The van der Waals surface area contributed by atoms with Gasteiger partial charge in [0.05, 0.1) is 32.7 Å². The van der Waals surface area contributed by atoms with Gasteiger partial charge < -0.3 is 0 Å². The molecule has 2 rings (SSSR count). The lowest BCUT2D eigenvalue weighted by Gasteiger charge is -1.94. The van der Waals surface area contributed by atoms with Crippen LogP contribution in [0.5, 0.6) is 0 Å². The summed E-state index contributed by atoms with van der Waals surface area (Å²) in [5.41, 5.74) is 0.264. The van der Waals surface area contributed by atoms with E-state index >= 15 is 0 Å². The van der Waals surface area contributed by atoms with Crippen LogP contribution in [0.1, 0.15) is 10.4 Å². The third-order valence-electron chi connectivity index (χ3n) is 2.37. The summed E-state index contributed by atoms with van der Waals surface area (Å²) in [7, 11) is 0. The second-order valence-corrected chi connectivity index (χ2v) is 4.83. The number of thiophene rings is 1. The number of nitrogens with zero attached hydrogens (tertiary/aromatic N) is 4. The lowest BCUT2D eigenvalue weighted by atomic mass is 10.2. The molecule has 1 aromatic carbocycles. The number of nitro groups is 2. The molecule has 8 nitrogen and oxygen atoms in total. The number of rotatable bonds is 5. The minimum atomic E-state index is -0.506. The van der Waals surface area contributed by atoms with Crippen molar-refractivity contribution in [2.45, 2.75) is 0 Å². The molecule has 0 radical (unpaired) electrons. The monoisotopic (exact) mass is 304 g/mol. The van der Waals surface area contributed by atoms with Crippen LogP contribution in [0.25, 0.3) is 0 Å². The van der Waals surface area contributed by atoms with Gasteiger partial charge in [0.1, 0.15) is 0 Å². The van der Waals surface area contributed by atoms with E-state index in [1.54, 1.807) is 24.3 Å². The van der Waals surface area contributed by atoms with Crippen molar-refractivity contribution in [3.05, 3.63) is 67.1 Å². The average molecular weight is 304 g/mol. The van der Waals surface area contributed by atoms with Crippen molar-refractivity contribution in [3.8, 4) is 0 Å². The number of nitro benzene ring substituents is 1. The van der Waals surface area contributed by atoms with E-state index in [0.29, 0.717) is 10.4 Å². The molecule has 0 saturated carbocycles. The van der Waals surface area contributed by atoms with Crippen LogP contribution >= 0.6 is 11.3 Å². The van der Waals surface area contributed by atoms with Gasteiger partial charge >= 0.3 is 5.00 Å². The fraction of sp³-hybridized carbons (Fsp3) is 0. The Morgan fingerprint density at radius 2 is 1.67 bits per heavy atom. The maximum absolute atomic E-state index is 10.8. The van der Waals surface area contributed by atoms with E-state index in [4.69, 9.17) is 0 Å². The van der Waals surface area contributed by atoms with Crippen molar-refractivity contribution in [2.75, 3.05) is 0 Å². The minimum absolute atomic E-state index is 0.0131. The summed E-state index contributed by atoms with van der Waals surface area (Å²) in [6.07, 6.45) is 2.61. The molecule has 0 atom stereocenters. The number of hydrogen-bond donors (Lipinski definition) is 0. The summed E-state index contributed by atoms with van der Waals surface area (Å²) < 4.78 is 0. The first-order valence-electron chi connectivity index (χ1n) is 5.62. The molecule has 106 valence electrons. The maximum atomic E-state index is 10.8. The topological polar surface area (TPSA) is 111 Å². The highest BCUT2D eigenvalue weighted by Gasteiger charge is 2.10. The second-order valence-electron chi connectivity index (χ2n) is 3.74. The van der Waals surface area contributed by atoms with Gasteiger partial charge in [-0.15, -0.1) is 0 Å². The van der Waals surface area contributed by atoms with Gasteiger partial charge in [-0.05, 0) is 12.1 Å². The molecule has 0 amide bonds. The first-order valence-corrected chi connectivity index (χ1v) is 6.43. The molecular weight excluding hydrogens is 296 g/mol. The van der Waals surface area contributed by atoms with Crippen LogP contribution in [0.4, 0.5) is 10.7 Å². The van der Waals surface area contributed by atoms with Gasteiger partial charge in [-0.2, -0.15) is 10.2 Å². The molecule has 0 fully saturated rings. The van der Waals surface area contributed by atoms with Gasteiger partial charge in [0.15, 0.2) is 0 Å². The summed E-state index contributed by atoms with van der Waals surface area (Å²) in [5.74, 6) is 0. The Balaban J connectivity index is 2.10. The van der Waals surface area contributed by atoms with Crippen molar-refractivity contribution in [3.63, 3.8) is 0 Å². The van der Waals surface area contributed by atoms with E-state index < -0.39 is 9.85 Å². The predicted molar refractivity (Wildman–Crippen MR) is 79.3 cm³/mol. The van der Waals surface area contributed by atoms with Crippen LogP contribution in [-0.4, -0.2) is 22.3 Å². The van der Waals surface area contributed by atoms with Gasteiger partial charge in [-0.1, -0.05) is 23.5 Å². The van der Waals surface area contributed by atoms with E-state index in [1.165, 1.54) is 24.6 Å². The molecule has 0 aliphatic rings. The lowest BCUT2D eigenvalue weighted by molar-refractivity contribution is -0.385. The summed E-state index contributed by atoms with van der Waals surface area (Å²) in [4.78, 5) is 20.9. The Morgan fingerprint density at radius 3 is 2.33 bits per heavy atom. The zero-order valence-electron chi connectivity index (χ0n) is 10.4. The molecule has 21 heavy (non-hydrogen) atoms. The van der Waals surface area contributed by atoms with Crippen LogP contribution in [0.3, 0.4) is 0 Å². The molecule has 0 spiro atoms. The Bertz CT molecular complexity index is 738. The van der Waals surface area contributed by atoms with Crippen LogP contribution < -0.4 is 0 Å². The largest absolute Gasteiger partial charge is 0.324 e. The van der Waals surface area contributed by atoms with E-state index in [9.17, 15) is 20.2 Å². The summed E-state index contributed by atoms with van der Waals surface area (Å²) in [6, 6.07) is 9.05. The molecule has 0 unspecified atom stereocenters. The maximum Gasteiger partial charge on any atom is 0.324 e. The van der Waals surface area contributed by atoms with Gasteiger partial charge in [-0.25, -0.2) is 0 Å². The van der Waals surface area contributed by atoms with Gasteiger partial charge in [0.2, 0.25) is 0 Å². The van der Waals surface area contributed by atoms with Crippen molar-refractivity contribution in [1.82, 2.24) is 0 Å². The molecule has 1 heterocycles. The Labute approximate surface area is 122 Å². The standard InChI is InChI=1S/C12H8N4O4S/c17-15(18)11-4-2-1-3-9(11)7-13-14-8-10-5-6-12(21-10)16(19)20/h1-8H/b13-7+,14-8+. The lowest BCUT2D eigenvalue weighted by Crippen LogP contribution is -1.93. The highest BCUT2D eigenvalue weighted by Crippen LogP contribution is 2.22. The van der Waals surface area contributed by atoms with Gasteiger partial charge in [0, 0.05) is 12.1 Å². The summed E-state index contributed by atoms with van der Waals surface area (Å²) in [5, 5.41) is 28.7. The third kappa shape index (κ3) is 3.76. The zero-order chi connectivity index (χ0) is 15.2. The predicted octanol–water partition coefficient (Wildman–Crippen LogP) is 3.02. The molecule has 2 aromatic rings. The SMILES string of the molecule is O=[N+]([O-])c1ccc(/C=N/N=C/c2ccccc2[N+](=O)[O-])s1. The van der Waals surface area contributed by atoms with Crippen LogP contribution in [0.15, 0.2) is 46.6 Å². The van der Waals surface area contributed by atoms with Gasteiger partial charge in [-0.3, -0.25) is 20.2 Å². The third-order valence-corrected chi connectivity index (χ3v) is 3.35. The Kier molecular flexibility index (Phi) is 4.46. The van der Waals surface area contributed by atoms with Crippen molar-refractivity contribution in [1.29, 1.82) is 0 Å². The normalized spacial score (nSPS) is 11.2. The Hall–Kier alpha value is -2.94. The minimum Gasteiger partial charge on any atom is -0.258 e. The highest BCUT2D eigenvalue weighted by atomic mass is 32.1. The average Bonchev–Trinajstić information content (AvgIpc) is 2.93. The smallest absolute Gasteiger partial charge is 0.258 e. The summed E-state index contributed by atoms with van der Waals surface area (Å²) >= 11 is 0.965. The molecular formula is C12H8N4O4S. The number of hydrogen-bond acceptors (Lipinski definition) is 7. The fourth-order valence-electron chi connectivity index (χ4n) is 1.46. The molecule has 0 aliphatic carbocycles. The van der Waals surface area contributed by atoms with Crippen LogP contribution in [0.2, 0.25) is 0 Å². The molecule has 1 aromatic heterocycles. The van der Waals surface area contributed by atoms with Gasteiger partial charge in [0.25, 0.3) is 5.69 Å². The quantitative estimate of drug-likeness (QED) is 0.480. The van der Waals surface area contributed by atoms with Crippen LogP contribution in [-0.2, 0) is 0 Å². The number of para-hydroxylation sites is 1. The number of benzene rings is 1. The van der Waals surface area contributed by atoms with E-state index in [2.05, 4.69) is 10.2 Å². The Morgan fingerprint density at radius 1 is 0.952 bits per heavy atom. The first kappa shape index (κ1) is 14.5. The van der Waals surface area contributed by atoms with E-state index in [0.717, 1.165) is 11.3 Å². The molecule has 0 bridgehead atoms. The van der Waals surface area contributed by atoms with E-state index in [1.807, 2.05) is 0 Å². The van der Waals surface area contributed by atoms with Crippen LogP contribution in [0, 0.1) is 20.2 Å². The molecule has 9 heteroatoms. The molecule has 0 saturated heterocycles. The fourth-order valence-corrected chi connectivity index (χ4v) is 2.15. The first-order chi connectivity index (χ1) is 10.1. The van der Waals surface area contributed by atoms with E-state index in [-0.39, 0.29) is 10.7 Å². The summed E-state index contributed by atoms with van der Waals surface area (Å²) in [6.45, 7) is 0. The second kappa shape index (κ2) is 6.48. The van der Waals surface area contributed by atoms with Crippen molar-refractivity contribution >= 4 is 34.5 Å². The highest BCUT2D eigenvalue weighted by molar-refractivity contribution is 7.16. The molecule has 0 aliphatic heterocycles. The van der Waals surface area contributed by atoms with Crippen molar-refractivity contribution in [2.24, 2.45) is 10.2 Å².